The van der Waals surface area contributed by atoms with Gasteiger partial charge in [-0.15, -0.1) is 0 Å². The summed E-state index contributed by atoms with van der Waals surface area (Å²) in [5.41, 5.74) is 0.958. The molecule has 0 spiro atoms. The van der Waals surface area contributed by atoms with Crippen molar-refractivity contribution in [3.63, 3.8) is 0 Å². The van der Waals surface area contributed by atoms with Crippen LogP contribution in [0, 0.1) is 0 Å². The Morgan fingerprint density at radius 1 is 1.44 bits per heavy atom. The second kappa shape index (κ2) is 7.57. The molecule has 1 aromatic rings. The molecule has 0 aliphatic carbocycles. The Bertz CT molecular complexity index is 310. The number of aromatic nitrogens is 2. The zero-order chi connectivity index (χ0) is 11.8. The van der Waals surface area contributed by atoms with E-state index in [2.05, 4.69) is 32.8 Å². The van der Waals surface area contributed by atoms with E-state index < -0.39 is 0 Å². The monoisotopic (exact) mass is 288 g/mol. The van der Waals surface area contributed by atoms with E-state index in [1.807, 2.05) is 6.07 Å². The van der Waals surface area contributed by atoms with E-state index in [4.69, 9.17) is 9.47 Å². The van der Waals surface area contributed by atoms with Crippen molar-refractivity contribution >= 4 is 15.9 Å². The Morgan fingerprint density at radius 2 is 2.25 bits per heavy atom. The number of nitrogens with zero attached hydrogens (tertiary/aromatic N) is 2. The van der Waals surface area contributed by atoms with Gasteiger partial charge >= 0.3 is 0 Å². The van der Waals surface area contributed by atoms with E-state index in [1.165, 1.54) is 6.33 Å². The molecule has 0 amide bonds. The lowest BCUT2D eigenvalue weighted by Gasteiger charge is -2.08. The van der Waals surface area contributed by atoms with Crippen molar-refractivity contribution in [1.82, 2.24) is 9.97 Å². The highest BCUT2D eigenvalue weighted by Crippen LogP contribution is 2.12. The molecule has 1 atom stereocenters. The molecule has 0 radical (unpaired) electrons. The molecule has 0 saturated heterocycles. The molecular formula is C11H17BrN2O2. The SMILES string of the molecule is CCCOc1cc(CC(Br)COC)ncn1. The first kappa shape index (κ1) is 13.4. The molecule has 0 bridgehead atoms. The van der Waals surface area contributed by atoms with Gasteiger partial charge < -0.3 is 9.47 Å². The van der Waals surface area contributed by atoms with Crippen LogP contribution in [0.25, 0.3) is 0 Å². The third kappa shape index (κ3) is 4.90. The standard InChI is InChI=1S/C11H17BrN2O2/c1-3-4-16-11-6-10(13-8-14-11)5-9(12)7-15-2/h6,8-9H,3-5,7H2,1-2H3. The van der Waals surface area contributed by atoms with Gasteiger partial charge in [-0.25, -0.2) is 9.97 Å². The summed E-state index contributed by atoms with van der Waals surface area (Å²) in [6.07, 6.45) is 3.32. The third-order valence-corrected chi connectivity index (χ3v) is 2.52. The highest BCUT2D eigenvalue weighted by molar-refractivity contribution is 9.09. The van der Waals surface area contributed by atoms with Crippen LogP contribution in [0.5, 0.6) is 5.88 Å². The second-order valence-corrected chi connectivity index (χ2v) is 4.75. The van der Waals surface area contributed by atoms with Crippen LogP contribution >= 0.6 is 15.9 Å². The van der Waals surface area contributed by atoms with E-state index in [0.717, 1.165) is 18.5 Å². The molecule has 1 unspecified atom stereocenters. The minimum atomic E-state index is 0.270. The molecule has 5 heteroatoms. The van der Waals surface area contributed by atoms with Crippen molar-refractivity contribution in [1.29, 1.82) is 0 Å². The zero-order valence-electron chi connectivity index (χ0n) is 9.65. The van der Waals surface area contributed by atoms with Gasteiger partial charge in [0, 0.05) is 30.1 Å². The summed E-state index contributed by atoms with van der Waals surface area (Å²) in [6, 6.07) is 1.87. The molecule has 1 rings (SSSR count). The lowest BCUT2D eigenvalue weighted by molar-refractivity contribution is 0.200. The Balaban J connectivity index is 2.52. The number of methoxy groups -OCH3 is 1. The second-order valence-electron chi connectivity index (χ2n) is 3.45. The predicted octanol–water partition coefficient (Wildman–Crippen LogP) is 2.22. The summed E-state index contributed by atoms with van der Waals surface area (Å²) in [6.45, 7) is 3.41. The van der Waals surface area contributed by atoms with Crippen LogP contribution in [-0.2, 0) is 11.2 Å². The summed E-state index contributed by atoms with van der Waals surface area (Å²) in [7, 11) is 1.68. The maximum absolute atomic E-state index is 5.44. The molecule has 90 valence electrons. The lowest BCUT2D eigenvalue weighted by Crippen LogP contribution is -2.11. The van der Waals surface area contributed by atoms with Crippen molar-refractivity contribution in [3.8, 4) is 5.88 Å². The van der Waals surface area contributed by atoms with Gasteiger partial charge in [0.05, 0.1) is 13.2 Å². The highest BCUT2D eigenvalue weighted by atomic mass is 79.9. The first-order valence-electron chi connectivity index (χ1n) is 5.33. The molecule has 0 aliphatic heterocycles. The van der Waals surface area contributed by atoms with E-state index in [9.17, 15) is 0 Å². The number of hydrogen-bond acceptors (Lipinski definition) is 4. The van der Waals surface area contributed by atoms with Crippen LogP contribution in [0.15, 0.2) is 12.4 Å². The number of halogens is 1. The fourth-order valence-corrected chi connectivity index (χ4v) is 1.84. The minimum Gasteiger partial charge on any atom is -0.478 e. The lowest BCUT2D eigenvalue weighted by atomic mass is 10.2. The molecule has 0 fully saturated rings. The van der Waals surface area contributed by atoms with E-state index >= 15 is 0 Å². The number of rotatable bonds is 7. The van der Waals surface area contributed by atoms with Crippen molar-refractivity contribution in [3.05, 3.63) is 18.1 Å². The Morgan fingerprint density at radius 3 is 2.94 bits per heavy atom. The van der Waals surface area contributed by atoms with Crippen LogP contribution in [0.4, 0.5) is 0 Å². The smallest absolute Gasteiger partial charge is 0.216 e. The predicted molar refractivity (Wildman–Crippen MR) is 66.1 cm³/mol. The van der Waals surface area contributed by atoms with Crippen molar-refractivity contribution < 1.29 is 9.47 Å². The molecule has 0 aliphatic rings. The Labute approximate surface area is 105 Å². The van der Waals surface area contributed by atoms with E-state index in [0.29, 0.717) is 19.1 Å². The maximum Gasteiger partial charge on any atom is 0.216 e. The number of ether oxygens (including phenoxy) is 2. The quantitative estimate of drug-likeness (QED) is 0.722. The van der Waals surface area contributed by atoms with Gasteiger partial charge in [0.2, 0.25) is 5.88 Å². The van der Waals surface area contributed by atoms with Gasteiger partial charge in [-0.3, -0.25) is 0 Å². The van der Waals surface area contributed by atoms with E-state index in [-0.39, 0.29) is 4.83 Å². The Hall–Kier alpha value is -0.680. The summed E-state index contributed by atoms with van der Waals surface area (Å²) in [5, 5.41) is 0. The van der Waals surface area contributed by atoms with Crippen molar-refractivity contribution in [2.24, 2.45) is 0 Å². The fraction of sp³-hybridized carbons (Fsp3) is 0.636. The van der Waals surface area contributed by atoms with Crippen LogP contribution in [0.2, 0.25) is 0 Å². The molecule has 0 aromatic carbocycles. The van der Waals surface area contributed by atoms with Crippen LogP contribution in [0.3, 0.4) is 0 Å². The topological polar surface area (TPSA) is 44.2 Å². The first-order chi connectivity index (χ1) is 7.76. The summed E-state index contributed by atoms with van der Waals surface area (Å²) >= 11 is 3.53. The molecule has 16 heavy (non-hydrogen) atoms. The summed E-state index contributed by atoms with van der Waals surface area (Å²) in [5.74, 6) is 0.643. The largest absolute Gasteiger partial charge is 0.478 e. The molecular weight excluding hydrogens is 272 g/mol. The van der Waals surface area contributed by atoms with Gasteiger partial charge in [-0.1, -0.05) is 22.9 Å². The number of hydrogen-bond donors (Lipinski definition) is 0. The van der Waals surface area contributed by atoms with E-state index in [1.54, 1.807) is 7.11 Å². The molecule has 1 heterocycles. The van der Waals surface area contributed by atoms with Crippen LogP contribution < -0.4 is 4.74 Å². The van der Waals surface area contributed by atoms with Crippen molar-refractivity contribution in [2.75, 3.05) is 20.3 Å². The van der Waals surface area contributed by atoms with Gasteiger partial charge in [-0.05, 0) is 6.42 Å². The van der Waals surface area contributed by atoms with Gasteiger partial charge in [-0.2, -0.15) is 0 Å². The first-order valence-corrected chi connectivity index (χ1v) is 6.24. The molecule has 0 N–H and O–H groups in total. The van der Waals surface area contributed by atoms with Crippen molar-refractivity contribution in [2.45, 2.75) is 24.6 Å². The summed E-state index contributed by atoms with van der Waals surface area (Å²) in [4.78, 5) is 8.51. The molecule has 1 aromatic heterocycles. The zero-order valence-corrected chi connectivity index (χ0v) is 11.2. The highest BCUT2D eigenvalue weighted by Gasteiger charge is 2.07. The van der Waals surface area contributed by atoms with Gasteiger partial charge in [0.25, 0.3) is 0 Å². The van der Waals surface area contributed by atoms with Crippen LogP contribution in [0.1, 0.15) is 19.0 Å². The van der Waals surface area contributed by atoms with Gasteiger partial charge in [0.15, 0.2) is 0 Å². The Kier molecular flexibility index (Phi) is 6.33. The normalized spacial score (nSPS) is 12.4. The molecule has 4 nitrogen and oxygen atoms in total. The van der Waals surface area contributed by atoms with Gasteiger partial charge in [0.1, 0.15) is 6.33 Å². The van der Waals surface area contributed by atoms with Crippen LogP contribution in [-0.4, -0.2) is 35.1 Å². The maximum atomic E-state index is 5.44. The molecule has 0 saturated carbocycles. The average Bonchev–Trinajstić information content (AvgIpc) is 2.27. The third-order valence-electron chi connectivity index (χ3n) is 1.93. The fourth-order valence-electron chi connectivity index (χ4n) is 1.24. The number of alkyl halides is 1. The minimum absolute atomic E-state index is 0.270. The summed E-state index contributed by atoms with van der Waals surface area (Å²) < 4.78 is 10.5. The average molecular weight is 289 g/mol.